The fourth-order valence-corrected chi connectivity index (χ4v) is 3.16. The molecule has 1 fully saturated rings. The molecule has 0 atom stereocenters. The van der Waals surface area contributed by atoms with E-state index in [9.17, 15) is 9.59 Å². The molecule has 0 bridgehead atoms. The number of imide groups is 1. The van der Waals surface area contributed by atoms with Crippen LogP contribution in [0.4, 0.5) is 4.79 Å². The predicted octanol–water partition coefficient (Wildman–Crippen LogP) is 1.78. The Balaban J connectivity index is 1.64. The summed E-state index contributed by atoms with van der Waals surface area (Å²) < 4.78 is 1.87. The van der Waals surface area contributed by atoms with Gasteiger partial charge in [0.05, 0.1) is 6.54 Å². The number of nitrogens with zero attached hydrogens (tertiary/aromatic N) is 4. The predicted molar refractivity (Wildman–Crippen MR) is 87.3 cm³/mol. The number of carbonyl (C=O) groups excluding carboxylic acids is 2. The van der Waals surface area contributed by atoms with Gasteiger partial charge in [0.25, 0.3) is 0 Å². The van der Waals surface area contributed by atoms with Gasteiger partial charge in [-0.05, 0) is 24.3 Å². The lowest BCUT2D eigenvalue weighted by Gasteiger charge is -2.11. The van der Waals surface area contributed by atoms with Gasteiger partial charge >= 0.3 is 6.03 Å². The van der Waals surface area contributed by atoms with Gasteiger partial charge in [-0.1, -0.05) is 23.4 Å². The van der Waals surface area contributed by atoms with Crippen LogP contribution < -0.4 is 5.32 Å². The third-order valence-electron chi connectivity index (χ3n) is 3.42. The number of nitrogens with one attached hydrogen (secondary N) is 1. The van der Waals surface area contributed by atoms with Crippen molar-refractivity contribution in [1.29, 1.82) is 0 Å². The molecule has 1 saturated heterocycles. The minimum absolute atomic E-state index is 0.0776. The van der Waals surface area contributed by atoms with Gasteiger partial charge in [0, 0.05) is 29.9 Å². The van der Waals surface area contributed by atoms with Gasteiger partial charge in [0.15, 0.2) is 11.0 Å². The number of benzene rings is 1. The fourth-order valence-electron chi connectivity index (χ4n) is 2.20. The van der Waals surface area contributed by atoms with E-state index in [0.717, 1.165) is 16.5 Å². The van der Waals surface area contributed by atoms with E-state index in [4.69, 9.17) is 11.6 Å². The normalized spacial score (nSPS) is 14.4. The summed E-state index contributed by atoms with van der Waals surface area (Å²) in [5, 5.41) is 12.2. The van der Waals surface area contributed by atoms with Crippen LogP contribution in [0, 0.1) is 0 Å². The van der Waals surface area contributed by atoms with Crippen molar-refractivity contribution in [3.05, 3.63) is 29.3 Å². The molecule has 120 valence electrons. The first kappa shape index (κ1) is 15.8. The summed E-state index contributed by atoms with van der Waals surface area (Å²) in [6.45, 7) is 0.423. The zero-order chi connectivity index (χ0) is 16.4. The van der Waals surface area contributed by atoms with Crippen molar-refractivity contribution >= 4 is 35.3 Å². The van der Waals surface area contributed by atoms with E-state index in [2.05, 4.69) is 15.5 Å². The number of halogens is 1. The topological polar surface area (TPSA) is 80.1 Å². The molecule has 1 aliphatic rings. The lowest BCUT2D eigenvalue weighted by Crippen LogP contribution is -2.32. The van der Waals surface area contributed by atoms with Crippen LogP contribution in [0.3, 0.4) is 0 Å². The smallest absolute Gasteiger partial charge is 0.324 e. The highest BCUT2D eigenvalue weighted by Gasteiger charge is 2.27. The number of aromatic nitrogens is 3. The molecule has 0 saturated carbocycles. The zero-order valence-corrected chi connectivity index (χ0v) is 13.9. The lowest BCUT2D eigenvalue weighted by atomic mass is 10.2. The molecule has 1 aromatic carbocycles. The number of hydrogen-bond donors (Lipinski definition) is 1. The third-order valence-corrected chi connectivity index (χ3v) is 4.67. The van der Waals surface area contributed by atoms with Gasteiger partial charge in [-0.25, -0.2) is 4.79 Å². The third kappa shape index (κ3) is 3.32. The van der Waals surface area contributed by atoms with Crippen molar-refractivity contribution in [2.24, 2.45) is 7.05 Å². The molecule has 1 aromatic heterocycles. The maximum atomic E-state index is 11.5. The highest BCUT2D eigenvalue weighted by Crippen LogP contribution is 2.24. The van der Waals surface area contributed by atoms with Gasteiger partial charge in [-0.2, -0.15) is 0 Å². The Hall–Kier alpha value is -2.06. The van der Waals surface area contributed by atoms with Gasteiger partial charge in [-0.3, -0.25) is 9.69 Å². The SMILES string of the molecule is Cn1c(SCCN2C(=O)CNC2=O)nnc1-c1ccc(Cl)cc1. The Labute approximate surface area is 142 Å². The van der Waals surface area contributed by atoms with E-state index in [-0.39, 0.29) is 18.5 Å². The monoisotopic (exact) mass is 351 g/mol. The molecule has 3 amide bonds. The van der Waals surface area contributed by atoms with Gasteiger partial charge in [-0.15, -0.1) is 10.2 Å². The number of urea groups is 1. The van der Waals surface area contributed by atoms with Crippen molar-refractivity contribution < 1.29 is 9.59 Å². The Morgan fingerprint density at radius 3 is 2.65 bits per heavy atom. The first-order chi connectivity index (χ1) is 11.1. The summed E-state index contributed by atoms with van der Waals surface area (Å²) in [4.78, 5) is 24.2. The van der Waals surface area contributed by atoms with Crippen molar-refractivity contribution in [2.75, 3.05) is 18.8 Å². The van der Waals surface area contributed by atoms with Gasteiger partial charge in [0.2, 0.25) is 5.91 Å². The minimum Gasteiger partial charge on any atom is -0.329 e. The molecule has 9 heteroatoms. The summed E-state index contributed by atoms with van der Waals surface area (Å²) in [5.41, 5.74) is 0.922. The molecule has 23 heavy (non-hydrogen) atoms. The van der Waals surface area contributed by atoms with E-state index < -0.39 is 0 Å². The Morgan fingerprint density at radius 1 is 1.26 bits per heavy atom. The lowest BCUT2D eigenvalue weighted by molar-refractivity contribution is -0.124. The Bertz CT molecular complexity index is 730. The standard InChI is InChI=1S/C14H14ClN5O2S/c1-19-12(9-2-4-10(15)5-3-9)17-18-14(19)23-7-6-20-11(21)8-16-13(20)22/h2-5H,6-8H2,1H3,(H,16,22). The van der Waals surface area contributed by atoms with Crippen molar-refractivity contribution in [3.8, 4) is 11.4 Å². The fraction of sp³-hybridized carbons (Fsp3) is 0.286. The van der Waals surface area contributed by atoms with Crippen LogP contribution in [0.5, 0.6) is 0 Å². The molecular formula is C14H14ClN5O2S. The van der Waals surface area contributed by atoms with Crippen LogP contribution in [-0.2, 0) is 11.8 Å². The van der Waals surface area contributed by atoms with Crippen molar-refractivity contribution in [2.45, 2.75) is 5.16 Å². The van der Waals surface area contributed by atoms with Crippen LogP contribution in [0.15, 0.2) is 29.4 Å². The van der Waals surface area contributed by atoms with Crippen LogP contribution in [0.2, 0.25) is 5.02 Å². The van der Waals surface area contributed by atoms with Gasteiger partial charge in [0.1, 0.15) is 0 Å². The van der Waals surface area contributed by atoms with E-state index in [0.29, 0.717) is 17.3 Å². The van der Waals surface area contributed by atoms with Crippen LogP contribution >= 0.6 is 23.4 Å². The largest absolute Gasteiger partial charge is 0.329 e. The van der Waals surface area contributed by atoms with Crippen molar-refractivity contribution in [1.82, 2.24) is 25.0 Å². The van der Waals surface area contributed by atoms with E-state index in [1.54, 1.807) is 12.1 Å². The average Bonchev–Trinajstić information content (AvgIpc) is 3.05. The van der Waals surface area contributed by atoms with Gasteiger partial charge < -0.3 is 9.88 Å². The molecule has 2 aromatic rings. The molecule has 7 nitrogen and oxygen atoms in total. The molecule has 3 rings (SSSR count). The highest BCUT2D eigenvalue weighted by molar-refractivity contribution is 7.99. The van der Waals surface area contributed by atoms with Crippen LogP contribution in [-0.4, -0.2) is 50.4 Å². The van der Waals surface area contributed by atoms with Crippen LogP contribution in [0.25, 0.3) is 11.4 Å². The molecule has 0 radical (unpaired) electrons. The average molecular weight is 352 g/mol. The number of thioether (sulfide) groups is 1. The molecule has 0 aliphatic carbocycles. The maximum absolute atomic E-state index is 11.5. The minimum atomic E-state index is -0.338. The number of hydrogen-bond acceptors (Lipinski definition) is 5. The first-order valence-corrected chi connectivity index (χ1v) is 8.29. The molecular weight excluding hydrogens is 338 g/mol. The number of rotatable bonds is 5. The summed E-state index contributed by atoms with van der Waals surface area (Å²) in [5.74, 6) is 1.10. The second kappa shape index (κ2) is 6.59. The number of amides is 3. The van der Waals surface area contributed by atoms with Crippen molar-refractivity contribution in [3.63, 3.8) is 0 Å². The first-order valence-electron chi connectivity index (χ1n) is 6.92. The number of carbonyl (C=O) groups is 2. The molecule has 2 heterocycles. The second-order valence-corrected chi connectivity index (χ2v) is 6.42. The van der Waals surface area contributed by atoms with Crippen LogP contribution in [0.1, 0.15) is 0 Å². The summed E-state index contributed by atoms with van der Waals surface area (Å²) in [6.07, 6.45) is 0. The molecule has 1 aliphatic heterocycles. The summed E-state index contributed by atoms with van der Waals surface area (Å²) in [7, 11) is 1.87. The molecule has 0 spiro atoms. The summed E-state index contributed by atoms with van der Waals surface area (Å²) >= 11 is 7.33. The van der Waals surface area contributed by atoms with E-state index in [1.807, 2.05) is 23.7 Å². The molecule has 0 unspecified atom stereocenters. The highest BCUT2D eigenvalue weighted by atomic mass is 35.5. The molecule has 1 N–H and O–H groups in total. The zero-order valence-electron chi connectivity index (χ0n) is 12.3. The van der Waals surface area contributed by atoms with E-state index >= 15 is 0 Å². The summed E-state index contributed by atoms with van der Waals surface area (Å²) in [6, 6.07) is 7.03. The Morgan fingerprint density at radius 2 is 2.00 bits per heavy atom. The Kier molecular flexibility index (Phi) is 4.53. The second-order valence-electron chi connectivity index (χ2n) is 4.92. The quantitative estimate of drug-likeness (QED) is 0.656. The maximum Gasteiger partial charge on any atom is 0.324 e. The van der Waals surface area contributed by atoms with E-state index in [1.165, 1.54) is 16.7 Å².